The third-order valence-electron chi connectivity index (χ3n) is 4.62. The Labute approximate surface area is 117 Å². The molecule has 0 aliphatic carbocycles. The molecule has 5 heteroatoms. The van der Waals surface area contributed by atoms with E-state index in [-0.39, 0.29) is 5.41 Å². The lowest BCUT2D eigenvalue weighted by atomic mass is 9.75. The van der Waals surface area contributed by atoms with Crippen LogP contribution < -0.4 is 10.2 Å². The molecule has 110 valence electrons. The summed E-state index contributed by atoms with van der Waals surface area (Å²) in [6, 6.07) is 4.37. The Hall–Kier alpha value is -1.39. The number of halogens is 3. The van der Waals surface area contributed by atoms with E-state index in [4.69, 9.17) is 0 Å². The highest BCUT2D eigenvalue weighted by atomic mass is 19.4. The summed E-state index contributed by atoms with van der Waals surface area (Å²) in [4.78, 5) is 2.27. The van der Waals surface area contributed by atoms with Crippen LogP contribution in [0.25, 0.3) is 0 Å². The molecule has 1 N–H and O–H groups in total. The van der Waals surface area contributed by atoms with Crippen LogP contribution in [0.1, 0.15) is 32.3 Å². The molecule has 20 heavy (non-hydrogen) atoms. The zero-order valence-electron chi connectivity index (χ0n) is 11.7. The standard InChI is InChI=1S/C15H19F3N2/c1-14(2)6-3-7-20-12-5-4-10(15(16,17)18)8-11(12)19-9-13(14)20/h4-5,8,13,19H,3,6-7,9H2,1-2H3. The fourth-order valence-electron chi connectivity index (χ4n) is 3.44. The van der Waals surface area contributed by atoms with Crippen LogP contribution in [0.3, 0.4) is 0 Å². The smallest absolute Gasteiger partial charge is 0.381 e. The van der Waals surface area contributed by atoms with Gasteiger partial charge in [0.25, 0.3) is 0 Å². The summed E-state index contributed by atoms with van der Waals surface area (Å²) in [7, 11) is 0. The van der Waals surface area contributed by atoms with E-state index in [2.05, 4.69) is 24.1 Å². The van der Waals surface area contributed by atoms with E-state index in [0.717, 1.165) is 25.1 Å². The summed E-state index contributed by atoms with van der Waals surface area (Å²) < 4.78 is 38.3. The Balaban J connectivity index is 1.98. The first kappa shape index (κ1) is 13.6. The maximum absolute atomic E-state index is 12.8. The molecular weight excluding hydrogens is 265 g/mol. The molecule has 2 heterocycles. The van der Waals surface area contributed by atoms with Crippen LogP contribution in [-0.2, 0) is 6.18 Å². The Bertz CT molecular complexity index is 522. The van der Waals surface area contributed by atoms with E-state index in [0.29, 0.717) is 18.3 Å². The van der Waals surface area contributed by atoms with Gasteiger partial charge < -0.3 is 10.2 Å². The number of rotatable bonds is 0. The number of fused-ring (bicyclic) bond motifs is 3. The molecule has 0 radical (unpaired) electrons. The highest BCUT2D eigenvalue weighted by Crippen LogP contribution is 2.44. The third-order valence-corrected chi connectivity index (χ3v) is 4.62. The fourth-order valence-corrected chi connectivity index (χ4v) is 3.44. The van der Waals surface area contributed by atoms with Crippen molar-refractivity contribution in [2.24, 2.45) is 5.41 Å². The summed E-state index contributed by atoms with van der Waals surface area (Å²) in [6.45, 7) is 6.11. The van der Waals surface area contributed by atoms with Crippen molar-refractivity contribution in [3.63, 3.8) is 0 Å². The largest absolute Gasteiger partial charge is 0.416 e. The van der Waals surface area contributed by atoms with Crippen molar-refractivity contribution in [3.8, 4) is 0 Å². The lowest BCUT2D eigenvalue weighted by molar-refractivity contribution is -0.137. The normalized spacial score (nSPS) is 24.6. The van der Waals surface area contributed by atoms with Crippen molar-refractivity contribution in [2.75, 3.05) is 23.3 Å². The van der Waals surface area contributed by atoms with Crippen LogP contribution >= 0.6 is 0 Å². The Morgan fingerprint density at radius 3 is 2.75 bits per heavy atom. The van der Waals surface area contributed by atoms with Gasteiger partial charge in [0.05, 0.1) is 23.0 Å². The van der Waals surface area contributed by atoms with E-state index in [9.17, 15) is 13.2 Å². The van der Waals surface area contributed by atoms with E-state index >= 15 is 0 Å². The van der Waals surface area contributed by atoms with Crippen molar-refractivity contribution in [1.29, 1.82) is 0 Å². The first-order valence-corrected chi connectivity index (χ1v) is 7.01. The fraction of sp³-hybridized carbons (Fsp3) is 0.600. The van der Waals surface area contributed by atoms with Crippen LogP contribution in [0.4, 0.5) is 24.5 Å². The van der Waals surface area contributed by atoms with Crippen molar-refractivity contribution in [2.45, 2.75) is 38.9 Å². The van der Waals surface area contributed by atoms with Crippen LogP contribution in [0.2, 0.25) is 0 Å². The predicted molar refractivity (Wildman–Crippen MR) is 74.1 cm³/mol. The zero-order chi connectivity index (χ0) is 14.5. The van der Waals surface area contributed by atoms with Gasteiger partial charge in [-0.15, -0.1) is 0 Å². The quantitative estimate of drug-likeness (QED) is 0.770. The topological polar surface area (TPSA) is 15.3 Å². The van der Waals surface area contributed by atoms with E-state index in [1.165, 1.54) is 12.1 Å². The number of hydrogen-bond acceptors (Lipinski definition) is 2. The summed E-state index contributed by atoms with van der Waals surface area (Å²) >= 11 is 0. The number of piperidine rings is 1. The van der Waals surface area contributed by atoms with E-state index < -0.39 is 11.7 Å². The van der Waals surface area contributed by atoms with Gasteiger partial charge in [0.15, 0.2) is 0 Å². The predicted octanol–water partition coefficient (Wildman–Crippen LogP) is 4.13. The van der Waals surface area contributed by atoms with Gasteiger partial charge in [-0.1, -0.05) is 13.8 Å². The molecule has 2 nitrogen and oxygen atoms in total. The highest BCUT2D eigenvalue weighted by molar-refractivity contribution is 5.74. The first-order valence-electron chi connectivity index (χ1n) is 7.01. The molecule has 2 aliphatic heterocycles. The Morgan fingerprint density at radius 2 is 2.05 bits per heavy atom. The SMILES string of the molecule is CC1(C)CCCN2c3ccc(C(F)(F)F)cc3NCC21. The molecule has 1 aromatic rings. The minimum absolute atomic E-state index is 0.186. The van der Waals surface area contributed by atoms with Gasteiger partial charge >= 0.3 is 6.18 Å². The maximum atomic E-state index is 12.8. The molecule has 1 saturated heterocycles. The Morgan fingerprint density at radius 1 is 1.30 bits per heavy atom. The Kier molecular flexibility index (Phi) is 2.92. The number of alkyl halides is 3. The second-order valence-corrected chi connectivity index (χ2v) is 6.41. The number of nitrogens with zero attached hydrogens (tertiary/aromatic N) is 1. The number of anilines is 2. The molecule has 0 aromatic heterocycles. The van der Waals surface area contributed by atoms with Crippen LogP contribution in [-0.4, -0.2) is 19.1 Å². The minimum Gasteiger partial charge on any atom is -0.381 e. The lowest BCUT2D eigenvalue weighted by Crippen LogP contribution is -2.55. The second-order valence-electron chi connectivity index (χ2n) is 6.41. The van der Waals surface area contributed by atoms with E-state index in [1.54, 1.807) is 6.07 Å². The number of benzene rings is 1. The average molecular weight is 284 g/mol. The summed E-state index contributed by atoms with van der Waals surface area (Å²) in [5, 5.41) is 3.19. The van der Waals surface area contributed by atoms with Crippen LogP contribution in [0, 0.1) is 5.41 Å². The highest BCUT2D eigenvalue weighted by Gasteiger charge is 2.41. The van der Waals surface area contributed by atoms with Crippen molar-refractivity contribution < 1.29 is 13.2 Å². The zero-order valence-corrected chi connectivity index (χ0v) is 11.7. The molecule has 1 aromatic carbocycles. The van der Waals surface area contributed by atoms with Gasteiger partial charge in [-0.05, 0) is 36.5 Å². The molecule has 0 amide bonds. The molecule has 1 fully saturated rings. The minimum atomic E-state index is -4.28. The third kappa shape index (κ3) is 2.13. The molecule has 3 rings (SSSR count). The second kappa shape index (κ2) is 4.30. The summed E-state index contributed by atoms with van der Waals surface area (Å²) in [6.07, 6.45) is -2.04. The first-order chi connectivity index (χ1) is 9.29. The van der Waals surface area contributed by atoms with Gasteiger partial charge in [0.1, 0.15) is 0 Å². The van der Waals surface area contributed by atoms with Gasteiger partial charge in [0.2, 0.25) is 0 Å². The molecule has 1 atom stereocenters. The molecule has 0 bridgehead atoms. The van der Waals surface area contributed by atoms with Gasteiger partial charge in [0, 0.05) is 13.1 Å². The number of hydrogen-bond donors (Lipinski definition) is 1. The monoisotopic (exact) mass is 284 g/mol. The van der Waals surface area contributed by atoms with Gasteiger partial charge in [-0.25, -0.2) is 0 Å². The molecular formula is C15H19F3N2. The summed E-state index contributed by atoms with van der Waals surface area (Å²) in [5.74, 6) is 0. The molecule has 0 spiro atoms. The average Bonchev–Trinajstić information content (AvgIpc) is 2.36. The van der Waals surface area contributed by atoms with E-state index in [1.807, 2.05) is 0 Å². The van der Waals surface area contributed by atoms with Gasteiger partial charge in [-0.2, -0.15) is 13.2 Å². The number of nitrogens with one attached hydrogen (secondary N) is 1. The molecule has 1 unspecified atom stereocenters. The summed E-state index contributed by atoms with van der Waals surface area (Å²) in [5.41, 5.74) is 1.11. The van der Waals surface area contributed by atoms with Crippen molar-refractivity contribution >= 4 is 11.4 Å². The lowest BCUT2D eigenvalue weighted by Gasteiger charge is -2.51. The van der Waals surface area contributed by atoms with Gasteiger partial charge in [-0.3, -0.25) is 0 Å². The molecule has 2 aliphatic rings. The van der Waals surface area contributed by atoms with Crippen LogP contribution in [0.15, 0.2) is 18.2 Å². The van der Waals surface area contributed by atoms with Crippen molar-refractivity contribution in [3.05, 3.63) is 23.8 Å². The maximum Gasteiger partial charge on any atom is 0.416 e. The molecule has 0 saturated carbocycles. The van der Waals surface area contributed by atoms with Crippen molar-refractivity contribution in [1.82, 2.24) is 0 Å². The van der Waals surface area contributed by atoms with Crippen LogP contribution in [0.5, 0.6) is 0 Å².